The molecular formula is C12H17FIN3O. The molecule has 0 saturated carbocycles. The van der Waals surface area contributed by atoms with E-state index in [0.717, 1.165) is 25.5 Å². The molecule has 1 aliphatic heterocycles. The third kappa shape index (κ3) is 4.01. The van der Waals surface area contributed by atoms with Crippen molar-refractivity contribution in [3.8, 4) is 5.75 Å². The van der Waals surface area contributed by atoms with E-state index >= 15 is 0 Å². The first-order valence-electron chi connectivity index (χ1n) is 5.64. The van der Waals surface area contributed by atoms with E-state index in [-0.39, 0.29) is 29.8 Å². The molecule has 100 valence electrons. The van der Waals surface area contributed by atoms with Crippen LogP contribution >= 0.6 is 24.0 Å². The molecule has 1 aromatic carbocycles. The van der Waals surface area contributed by atoms with E-state index in [9.17, 15) is 4.39 Å². The van der Waals surface area contributed by atoms with Crippen molar-refractivity contribution in [3.05, 3.63) is 29.6 Å². The molecule has 1 aromatic rings. The van der Waals surface area contributed by atoms with Crippen molar-refractivity contribution in [2.75, 3.05) is 20.2 Å². The predicted molar refractivity (Wildman–Crippen MR) is 80.1 cm³/mol. The first-order chi connectivity index (χ1) is 8.29. The summed E-state index contributed by atoms with van der Waals surface area (Å²) in [4.78, 5) is 4.26. The molecule has 0 unspecified atom stereocenters. The summed E-state index contributed by atoms with van der Waals surface area (Å²) in [6, 6.07) is 4.84. The van der Waals surface area contributed by atoms with Crippen LogP contribution in [0, 0.1) is 5.82 Å². The van der Waals surface area contributed by atoms with Crippen LogP contribution in [0.3, 0.4) is 0 Å². The van der Waals surface area contributed by atoms with Crippen LogP contribution in [-0.4, -0.2) is 26.2 Å². The monoisotopic (exact) mass is 365 g/mol. The van der Waals surface area contributed by atoms with Gasteiger partial charge in [0.15, 0.2) is 5.96 Å². The molecule has 18 heavy (non-hydrogen) atoms. The van der Waals surface area contributed by atoms with Gasteiger partial charge in [0.2, 0.25) is 0 Å². The highest BCUT2D eigenvalue weighted by Crippen LogP contribution is 2.15. The maximum absolute atomic E-state index is 13.6. The Bertz CT molecular complexity index is 426. The van der Waals surface area contributed by atoms with Gasteiger partial charge < -0.3 is 15.4 Å². The summed E-state index contributed by atoms with van der Waals surface area (Å²) in [5.74, 6) is 0.999. The second-order valence-electron chi connectivity index (χ2n) is 3.82. The fraction of sp³-hybridized carbons (Fsp3) is 0.417. The van der Waals surface area contributed by atoms with Crippen molar-refractivity contribution >= 4 is 29.9 Å². The smallest absolute Gasteiger partial charge is 0.191 e. The van der Waals surface area contributed by atoms with Gasteiger partial charge in [-0.05, 0) is 12.5 Å². The second kappa shape index (κ2) is 7.40. The zero-order valence-electron chi connectivity index (χ0n) is 10.2. The zero-order chi connectivity index (χ0) is 12.1. The summed E-state index contributed by atoms with van der Waals surface area (Å²) < 4.78 is 18.6. The van der Waals surface area contributed by atoms with Crippen molar-refractivity contribution in [1.29, 1.82) is 0 Å². The van der Waals surface area contributed by atoms with Gasteiger partial charge >= 0.3 is 0 Å². The van der Waals surface area contributed by atoms with E-state index in [1.807, 2.05) is 0 Å². The van der Waals surface area contributed by atoms with E-state index < -0.39 is 0 Å². The number of nitrogens with one attached hydrogen (secondary N) is 2. The third-order valence-electron chi connectivity index (χ3n) is 2.60. The Kier molecular flexibility index (Phi) is 6.17. The molecule has 0 fully saturated rings. The number of nitrogens with zero attached hydrogens (tertiary/aromatic N) is 1. The summed E-state index contributed by atoms with van der Waals surface area (Å²) in [5.41, 5.74) is 0.598. The molecule has 0 saturated heterocycles. The molecule has 2 rings (SSSR count). The Balaban J connectivity index is 0.00000162. The van der Waals surface area contributed by atoms with Gasteiger partial charge in [-0.3, -0.25) is 4.99 Å². The Labute approximate surface area is 123 Å². The van der Waals surface area contributed by atoms with Gasteiger partial charge in [-0.2, -0.15) is 0 Å². The lowest BCUT2D eigenvalue weighted by molar-refractivity contribution is 0.410. The normalized spacial score (nSPS) is 14.0. The lowest BCUT2D eigenvalue weighted by atomic mass is 10.2. The minimum absolute atomic E-state index is 0. The molecular weight excluding hydrogens is 348 g/mol. The average Bonchev–Trinajstić information content (AvgIpc) is 2.38. The van der Waals surface area contributed by atoms with Gasteiger partial charge in [-0.25, -0.2) is 4.39 Å². The molecule has 0 aromatic heterocycles. The molecule has 0 radical (unpaired) electrons. The lowest BCUT2D eigenvalue weighted by Crippen LogP contribution is -2.40. The fourth-order valence-electron chi connectivity index (χ4n) is 1.63. The largest absolute Gasteiger partial charge is 0.497 e. The van der Waals surface area contributed by atoms with E-state index in [4.69, 9.17) is 4.74 Å². The zero-order valence-corrected chi connectivity index (χ0v) is 12.5. The number of ether oxygens (including phenoxy) is 1. The summed E-state index contributed by atoms with van der Waals surface area (Å²) in [5, 5.41) is 6.20. The van der Waals surface area contributed by atoms with Crippen LogP contribution in [0.25, 0.3) is 0 Å². The number of rotatable bonds is 3. The summed E-state index contributed by atoms with van der Waals surface area (Å²) >= 11 is 0. The maximum atomic E-state index is 13.6. The number of methoxy groups -OCH3 is 1. The molecule has 0 atom stereocenters. The molecule has 0 amide bonds. The van der Waals surface area contributed by atoms with Crippen molar-refractivity contribution < 1.29 is 9.13 Å². The number of hydrogen-bond donors (Lipinski definition) is 2. The topological polar surface area (TPSA) is 45.6 Å². The number of hydrogen-bond acceptors (Lipinski definition) is 4. The minimum Gasteiger partial charge on any atom is -0.497 e. The van der Waals surface area contributed by atoms with Crippen LogP contribution < -0.4 is 15.4 Å². The quantitative estimate of drug-likeness (QED) is 0.805. The minimum atomic E-state index is -0.270. The summed E-state index contributed by atoms with van der Waals surface area (Å²) in [6.45, 7) is 2.15. The number of aliphatic imine (C=N–C) groups is 1. The second-order valence-corrected chi connectivity index (χ2v) is 3.82. The van der Waals surface area contributed by atoms with Crippen molar-refractivity contribution in [2.24, 2.45) is 4.99 Å². The van der Waals surface area contributed by atoms with E-state index in [2.05, 4.69) is 15.6 Å². The number of benzene rings is 1. The fourth-order valence-corrected chi connectivity index (χ4v) is 1.63. The van der Waals surface area contributed by atoms with Crippen LogP contribution in [0.2, 0.25) is 0 Å². The standard InChI is InChI=1S/C12H16FN3O.HI/c1-17-10-4-3-9(11(13)7-10)8-16-12-14-5-2-6-15-12;/h3-4,7H,2,5-6,8H2,1H3,(H2,14,15,16);1H. The van der Waals surface area contributed by atoms with Gasteiger partial charge in [0.25, 0.3) is 0 Å². The average molecular weight is 365 g/mol. The first-order valence-corrected chi connectivity index (χ1v) is 5.64. The molecule has 2 N–H and O–H groups in total. The Hall–Kier alpha value is -1.05. The summed E-state index contributed by atoms with van der Waals surface area (Å²) in [6.07, 6.45) is 1.04. The highest BCUT2D eigenvalue weighted by atomic mass is 127. The highest BCUT2D eigenvalue weighted by molar-refractivity contribution is 14.0. The van der Waals surface area contributed by atoms with Crippen LogP contribution in [0.4, 0.5) is 4.39 Å². The predicted octanol–water partition coefficient (Wildman–Crippen LogP) is 1.89. The maximum Gasteiger partial charge on any atom is 0.191 e. The van der Waals surface area contributed by atoms with Gasteiger partial charge in [0, 0.05) is 31.3 Å². The van der Waals surface area contributed by atoms with Gasteiger partial charge in [-0.1, -0.05) is 6.07 Å². The molecule has 0 bridgehead atoms. The van der Waals surface area contributed by atoms with Crippen LogP contribution in [0.1, 0.15) is 12.0 Å². The summed E-state index contributed by atoms with van der Waals surface area (Å²) in [7, 11) is 1.52. The molecule has 0 aliphatic carbocycles. The third-order valence-corrected chi connectivity index (χ3v) is 2.60. The molecule has 1 aliphatic rings. The Morgan fingerprint density at radius 2 is 2.33 bits per heavy atom. The highest BCUT2D eigenvalue weighted by Gasteiger charge is 2.06. The molecule has 0 spiro atoms. The lowest BCUT2D eigenvalue weighted by Gasteiger charge is -2.16. The molecule has 1 heterocycles. The van der Waals surface area contributed by atoms with Crippen LogP contribution in [-0.2, 0) is 6.54 Å². The molecule has 6 heteroatoms. The van der Waals surface area contributed by atoms with Gasteiger partial charge in [0.05, 0.1) is 7.11 Å². The Morgan fingerprint density at radius 3 is 2.94 bits per heavy atom. The first kappa shape index (κ1) is 15.0. The van der Waals surface area contributed by atoms with Crippen molar-refractivity contribution in [2.45, 2.75) is 13.0 Å². The Morgan fingerprint density at radius 1 is 1.50 bits per heavy atom. The van der Waals surface area contributed by atoms with Crippen molar-refractivity contribution in [3.63, 3.8) is 0 Å². The number of halogens is 2. The molecule has 4 nitrogen and oxygen atoms in total. The van der Waals surface area contributed by atoms with Crippen LogP contribution in [0.5, 0.6) is 5.75 Å². The van der Waals surface area contributed by atoms with E-state index in [0.29, 0.717) is 17.9 Å². The van der Waals surface area contributed by atoms with Crippen molar-refractivity contribution in [1.82, 2.24) is 10.6 Å². The SMILES string of the molecule is COc1ccc(CNC2=NCCCN2)c(F)c1.I. The van der Waals surface area contributed by atoms with E-state index in [1.54, 1.807) is 12.1 Å². The van der Waals surface area contributed by atoms with E-state index in [1.165, 1.54) is 13.2 Å². The van der Waals surface area contributed by atoms with Gasteiger partial charge in [-0.15, -0.1) is 24.0 Å². The van der Waals surface area contributed by atoms with Crippen LogP contribution in [0.15, 0.2) is 23.2 Å². The van der Waals surface area contributed by atoms with Gasteiger partial charge in [0.1, 0.15) is 11.6 Å². The number of guanidine groups is 1.